The SMILES string of the molecule is COC(=O)c1nc2cc3c(-c4ccncc4)[nH]n(I)c3cc2n1. The zero-order valence-corrected chi connectivity index (χ0v) is 14.1. The number of methoxy groups -OCH3 is 1. The Morgan fingerprint density at radius 2 is 1.91 bits per heavy atom. The lowest BCUT2D eigenvalue weighted by atomic mass is 10.1. The Morgan fingerprint density at radius 1 is 1.22 bits per heavy atom. The smallest absolute Gasteiger partial charge is 0.376 e. The van der Waals surface area contributed by atoms with Gasteiger partial charge in [0.15, 0.2) is 0 Å². The number of carbonyl (C=O) groups excluding carboxylic acids is 1. The first kappa shape index (κ1) is 14.1. The second-order valence-electron chi connectivity index (χ2n) is 4.90. The Labute approximate surface area is 144 Å². The fraction of sp³-hybridized carbons (Fsp3) is 0.0667. The van der Waals surface area contributed by atoms with Crippen molar-refractivity contribution in [3.05, 3.63) is 42.5 Å². The van der Waals surface area contributed by atoms with E-state index in [0.29, 0.717) is 11.0 Å². The predicted octanol–water partition coefficient (Wildman–Crippen LogP) is 2.96. The molecule has 4 aromatic rings. The molecular formula is C15H10IN5O2. The van der Waals surface area contributed by atoms with Gasteiger partial charge in [-0.25, -0.2) is 17.7 Å². The van der Waals surface area contributed by atoms with Crippen LogP contribution in [0.25, 0.3) is 33.2 Å². The van der Waals surface area contributed by atoms with Crippen molar-refractivity contribution in [3.8, 4) is 11.3 Å². The van der Waals surface area contributed by atoms with Gasteiger partial charge in [-0.3, -0.25) is 10.1 Å². The molecular weight excluding hydrogens is 409 g/mol. The molecule has 3 heterocycles. The minimum atomic E-state index is -0.538. The molecule has 0 amide bonds. The number of ether oxygens (including phenoxy) is 1. The van der Waals surface area contributed by atoms with E-state index in [1.54, 1.807) is 12.4 Å². The molecule has 4 rings (SSSR count). The number of nitrogens with zero attached hydrogens (tertiary/aromatic N) is 4. The third kappa shape index (κ3) is 2.25. The zero-order valence-electron chi connectivity index (χ0n) is 11.9. The molecule has 7 nitrogen and oxygen atoms in total. The molecule has 0 aliphatic rings. The number of hydrogen-bond acceptors (Lipinski definition) is 5. The van der Waals surface area contributed by atoms with Crippen LogP contribution in [-0.2, 0) is 4.74 Å². The number of fused-ring (bicyclic) bond motifs is 2. The van der Waals surface area contributed by atoms with Crippen molar-refractivity contribution in [2.45, 2.75) is 0 Å². The second-order valence-corrected chi connectivity index (χ2v) is 5.87. The maximum atomic E-state index is 11.6. The number of esters is 1. The largest absolute Gasteiger partial charge is 0.463 e. The van der Waals surface area contributed by atoms with Crippen LogP contribution in [0.5, 0.6) is 0 Å². The van der Waals surface area contributed by atoms with Crippen LogP contribution in [-0.4, -0.2) is 36.0 Å². The number of pyridine rings is 1. The summed E-state index contributed by atoms with van der Waals surface area (Å²) >= 11 is 2.17. The Morgan fingerprint density at radius 3 is 2.61 bits per heavy atom. The number of imidazole rings is 1. The lowest BCUT2D eigenvalue weighted by molar-refractivity contribution is 0.0588. The van der Waals surface area contributed by atoms with E-state index in [1.807, 2.05) is 27.2 Å². The molecule has 1 N–H and O–H groups in total. The van der Waals surface area contributed by atoms with Gasteiger partial charge in [0.1, 0.15) is 0 Å². The van der Waals surface area contributed by atoms with Crippen LogP contribution in [0.4, 0.5) is 0 Å². The molecule has 0 atom stereocenters. The molecule has 0 radical (unpaired) electrons. The summed E-state index contributed by atoms with van der Waals surface area (Å²) in [7, 11) is 1.31. The highest BCUT2D eigenvalue weighted by molar-refractivity contribution is 14.1. The van der Waals surface area contributed by atoms with Crippen molar-refractivity contribution < 1.29 is 9.53 Å². The van der Waals surface area contributed by atoms with E-state index >= 15 is 0 Å². The number of aromatic nitrogens is 5. The molecule has 1 aromatic carbocycles. The molecule has 0 saturated carbocycles. The summed E-state index contributed by atoms with van der Waals surface area (Å²) in [5.41, 5.74) is 4.25. The number of benzene rings is 1. The van der Waals surface area contributed by atoms with E-state index in [0.717, 1.165) is 22.2 Å². The summed E-state index contributed by atoms with van der Waals surface area (Å²) in [4.78, 5) is 24.1. The third-order valence-electron chi connectivity index (χ3n) is 3.57. The Kier molecular flexibility index (Phi) is 3.26. The van der Waals surface area contributed by atoms with Gasteiger partial charge in [0, 0.05) is 23.3 Å². The predicted molar refractivity (Wildman–Crippen MR) is 93.4 cm³/mol. The summed E-state index contributed by atoms with van der Waals surface area (Å²) in [6, 6.07) is 7.69. The average Bonchev–Trinajstić information content (AvgIpc) is 3.14. The van der Waals surface area contributed by atoms with Gasteiger partial charge in [-0.05, 0) is 24.3 Å². The summed E-state index contributed by atoms with van der Waals surface area (Å²) in [6.45, 7) is 0. The second kappa shape index (κ2) is 5.30. The normalized spacial score (nSPS) is 11.2. The number of halogens is 1. The highest BCUT2D eigenvalue weighted by atomic mass is 127. The van der Waals surface area contributed by atoms with E-state index in [4.69, 9.17) is 0 Å². The Bertz CT molecular complexity index is 1040. The first-order chi connectivity index (χ1) is 11.2. The summed E-state index contributed by atoms with van der Waals surface area (Å²) in [5, 5.41) is 4.31. The molecule has 0 bridgehead atoms. The quantitative estimate of drug-likeness (QED) is 0.399. The maximum Gasteiger partial charge on any atom is 0.376 e. The van der Waals surface area contributed by atoms with Crippen molar-refractivity contribution in [1.29, 1.82) is 0 Å². The van der Waals surface area contributed by atoms with Gasteiger partial charge in [-0.2, -0.15) is 0 Å². The minimum Gasteiger partial charge on any atom is -0.463 e. The first-order valence-electron chi connectivity index (χ1n) is 6.74. The molecule has 0 unspecified atom stereocenters. The maximum absolute atomic E-state index is 11.6. The molecule has 0 aliphatic carbocycles. The van der Waals surface area contributed by atoms with Crippen LogP contribution in [0.15, 0.2) is 36.7 Å². The third-order valence-corrected chi connectivity index (χ3v) is 4.33. The van der Waals surface area contributed by atoms with Crippen molar-refractivity contribution in [2.24, 2.45) is 0 Å². The molecule has 0 aliphatic heterocycles. The van der Waals surface area contributed by atoms with E-state index in [-0.39, 0.29) is 5.82 Å². The molecule has 0 fully saturated rings. The molecule has 23 heavy (non-hydrogen) atoms. The lowest BCUT2D eigenvalue weighted by Crippen LogP contribution is -2.02. The topological polar surface area (TPSA) is 85.7 Å². The molecule has 0 saturated heterocycles. The van der Waals surface area contributed by atoms with Gasteiger partial charge in [-0.15, -0.1) is 0 Å². The van der Waals surface area contributed by atoms with Gasteiger partial charge < -0.3 is 4.74 Å². The van der Waals surface area contributed by atoms with Crippen LogP contribution in [0.3, 0.4) is 0 Å². The number of H-pyrrole nitrogens is 1. The van der Waals surface area contributed by atoms with Gasteiger partial charge in [0.2, 0.25) is 5.82 Å². The van der Waals surface area contributed by atoms with Crippen molar-refractivity contribution in [1.82, 2.24) is 22.9 Å². The standard InChI is InChI=1S/C15H10IN5O2/c1-23-15(22)14-18-10-6-9-12(7-11(10)19-14)21(16)20-13(9)8-2-4-17-5-3-8/h2-7,20H,1H3. The van der Waals surface area contributed by atoms with Crippen molar-refractivity contribution in [3.63, 3.8) is 0 Å². The van der Waals surface area contributed by atoms with Crippen molar-refractivity contribution >= 4 is 50.8 Å². The minimum absolute atomic E-state index is 0.0737. The number of nitrogens with one attached hydrogen (secondary N) is 1. The molecule has 3 aromatic heterocycles. The molecule has 0 spiro atoms. The van der Waals surface area contributed by atoms with Gasteiger partial charge in [0.25, 0.3) is 0 Å². The summed E-state index contributed by atoms with van der Waals surface area (Å²) < 4.78 is 6.56. The summed E-state index contributed by atoms with van der Waals surface area (Å²) in [6.07, 6.45) is 3.49. The van der Waals surface area contributed by atoms with Gasteiger partial charge in [-0.1, -0.05) is 0 Å². The van der Waals surface area contributed by atoms with E-state index < -0.39 is 5.97 Å². The molecule has 114 valence electrons. The van der Waals surface area contributed by atoms with Crippen LogP contribution in [0.1, 0.15) is 10.6 Å². The fourth-order valence-electron chi connectivity index (χ4n) is 2.50. The monoisotopic (exact) mass is 419 g/mol. The van der Waals surface area contributed by atoms with E-state index in [9.17, 15) is 4.79 Å². The first-order valence-corrected chi connectivity index (χ1v) is 7.71. The van der Waals surface area contributed by atoms with Crippen LogP contribution in [0.2, 0.25) is 0 Å². The van der Waals surface area contributed by atoms with Crippen LogP contribution in [0, 0.1) is 0 Å². The Hall–Kier alpha value is -2.49. The summed E-state index contributed by atoms with van der Waals surface area (Å²) in [5.74, 6) is -0.464. The lowest BCUT2D eigenvalue weighted by Gasteiger charge is -1.97. The highest BCUT2D eigenvalue weighted by Gasteiger charge is 2.17. The van der Waals surface area contributed by atoms with Gasteiger partial charge >= 0.3 is 5.97 Å². The van der Waals surface area contributed by atoms with Crippen molar-refractivity contribution in [2.75, 3.05) is 7.11 Å². The van der Waals surface area contributed by atoms with E-state index in [2.05, 4.69) is 47.7 Å². The molecule has 8 heteroatoms. The van der Waals surface area contributed by atoms with Gasteiger partial charge in [0.05, 0.1) is 52.2 Å². The number of hydrogen-bond donors (Lipinski definition) is 1. The zero-order chi connectivity index (χ0) is 16.0. The van der Waals surface area contributed by atoms with E-state index in [1.165, 1.54) is 7.11 Å². The number of carbonyl (C=O) groups is 1. The number of rotatable bonds is 2. The Balaban J connectivity index is 1.98. The van der Waals surface area contributed by atoms with Crippen LogP contribution < -0.4 is 0 Å². The number of aromatic amines is 1. The average molecular weight is 419 g/mol. The van der Waals surface area contributed by atoms with Crippen LogP contribution >= 0.6 is 22.9 Å². The fourth-order valence-corrected chi connectivity index (χ4v) is 3.14. The highest BCUT2D eigenvalue weighted by Crippen LogP contribution is 2.31.